The van der Waals surface area contributed by atoms with E-state index >= 15 is 0 Å². The van der Waals surface area contributed by atoms with Gasteiger partial charge in [-0.25, -0.2) is 0 Å². The Morgan fingerprint density at radius 1 is 0.380 bits per heavy atom. The van der Waals surface area contributed by atoms with Crippen molar-refractivity contribution in [1.29, 1.82) is 0 Å². The molecule has 2 unspecified atom stereocenters. The molecule has 0 saturated heterocycles. The maximum atomic E-state index is 12.5. The summed E-state index contributed by atoms with van der Waals surface area (Å²) in [4.78, 5) is 24.6. The summed E-state index contributed by atoms with van der Waals surface area (Å²) >= 11 is 0. The predicted octanol–water partition coefficient (Wildman–Crippen LogP) is 20.2. The van der Waals surface area contributed by atoms with Crippen LogP contribution in [0.15, 0.2) is 24.3 Å². The normalized spacial score (nSPS) is 12.7. The number of rotatable bonds is 60. The van der Waals surface area contributed by atoms with E-state index in [1.54, 1.807) is 0 Å². The van der Waals surface area contributed by atoms with Gasteiger partial charge in [0.25, 0.3) is 0 Å². The molecule has 3 N–H and O–H groups in total. The van der Waals surface area contributed by atoms with E-state index < -0.39 is 12.1 Å². The van der Waals surface area contributed by atoms with Crippen LogP contribution in [0.25, 0.3) is 0 Å². The minimum atomic E-state index is -0.668. The van der Waals surface area contributed by atoms with E-state index in [0.717, 1.165) is 44.9 Å². The summed E-state index contributed by atoms with van der Waals surface area (Å²) in [5.74, 6) is -0.0308. The number of carbonyl (C=O) groups is 2. The molecule has 0 bridgehead atoms. The second-order valence-electron chi connectivity index (χ2n) is 22.1. The van der Waals surface area contributed by atoms with Crippen LogP contribution in [0.5, 0.6) is 0 Å². The molecule has 0 rings (SSSR count). The van der Waals surface area contributed by atoms with Crippen LogP contribution in [-0.4, -0.2) is 47.4 Å². The van der Waals surface area contributed by atoms with Gasteiger partial charge in [0.05, 0.1) is 25.4 Å². The quantitative estimate of drug-likeness (QED) is 0.0320. The highest BCUT2D eigenvalue weighted by atomic mass is 16.5. The molecule has 6 nitrogen and oxygen atoms in total. The zero-order chi connectivity index (χ0) is 51.4. The molecule has 420 valence electrons. The van der Waals surface area contributed by atoms with Crippen molar-refractivity contribution in [2.45, 2.75) is 366 Å². The van der Waals surface area contributed by atoms with Crippen molar-refractivity contribution in [2.24, 2.45) is 0 Å². The van der Waals surface area contributed by atoms with Crippen LogP contribution in [0.4, 0.5) is 0 Å². The molecule has 0 fully saturated rings. The molecule has 1 amide bonds. The molecule has 0 spiro atoms. The van der Waals surface area contributed by atoms with Crippen LogP contribution in [0.2, 0.25) is 0 Å². The first-order chi connectivity index (χ1) is 35.0. The zero-order valence-corrected chi connectivity index (χ0v) is 48.0. The molecule has 6 heteroatoms. The van der Waals surface area contributed by atoms with Gasteiger partial charge in [-0.15, -0.1) is 0 Å². The lowest BCUT2D eigenvalue weighted by atomic mass is 10.0. The summed E-state index contributed by atoms with van der Waals surface area (Å²) in [5, 5.41) is 23.2. The molecule has 0 aromatic rings. The molecule has 0 radical (unpaired) electrons. The van der Waals surface area contributed by atoms with Gasteiger partial charge in [-0.05, 0) is 77.0 Å². The number of unbranched alkanes of at least 4 members (excludes halogenated alkanes) is 45. The van der Waals surface area contributed by atoms with Gasteiger partial charge in [0.2, 0.25) is 5.91 Å². The van der Waals surface area contributed by atoms with E-state index in [1.165, 1.54) is 276 Å². The van der Waals surface area contributed by atoms with Gasteiger partial charge in [-0.1, -0.05) is 289 Å². The number of carbonyl (C=O) groups excluding carboxylic acids is 2. The van der Waals surface area contributed by atoms with Gasteiger partial charge in [-0.2, -0.15) is 0 Å². The molecule has 0 aromatic carbocycles. The topological polar surface area (TPSA) is 95.9 Å². The molecule has 0 aliphatic heterocycles. The Labute approximate surface area is 443 Å². The largest absolute Gasteiger partial charge is 0.466 e. The van der Waals surface area contributed by atoms with E-state index in [4.69, 9.17) is 4.74 Å². The number of aliphatic hydroxyl groups is 2. The molecule has 2 atom stereocenters. The second-order valence-corrected chi connectivity index (χ2v) is 22.1. The van der Waals surface area contributed by atoms with Crippen molar-refractivity contribution in [3.63, 3.8) is 0 Å². The van der Waals surface area contributed by atoms with E-state index in [9.17, 15) is 19.8 Å². The molecule has 0 aliphatic rings. The standard InChI is InChI=1S/C65H125NO5/c1-3-5-7-9-11-13-15-17-18-19-24-28-31-35-39-43-47-51-55-59-65(70)71-60-56-52-48-44-40-36-32-29-26-23-21-20-22-25-27-30-34-38-42-46-50-54-58-64(69)66-62(61-67)63(68)57-53-49-45-41-37-33-16-14-12-10-8-6-4-2/h17-18,22,25,62-63,67-68H,3-16,19-21,23-24,26-61H2,1-2H3,(H,66,69)/b18-17-,25-22-. The molecule has 0 saturated carbocycles. The summed E-state index contributed by atoms with van der Waals surface area (Å²) in [5.41, 5.74) is 0. The Balaban J connectivity index is 3.38. The van der Waals surface area contributed by atoms with Crippen molar-refractivity contribution in [1.82, 2.24) is 5.32 Å². The lowest BCUT2D eigenvalue weighted by Crippen LogP contribution is -2.45. The highest BCUT2D eigenvalue weighted by molar-refractivity contribution is 5.76. The predicted molar refractivity (Wildman–Crippen MR) is 310 cm³/mol. The van der Waals surface area contributed by atoms with Crippen molar-refractivity contribution < 1.29 is 24.5 Å². The Morgan fingerprint density at radius 3 is 1.00 bits per heavy atom. The van der Waals surface area contributed by atoms with Crippen molar-refractivity contribution in [2.75, 3.05) is 13.2 Å². The third-order valence-electron chi connectivity index (χ3n) is 15.0. The maximum Gasteiger partial charge on any atom is 0.305 e. The van der Waals surface area contributed by atoms with Crippen molar-refractivity contribution >= 4 is 11.9 Å². The second kappa shape index (κ2) is 60.9. The van der Waals surface area contributed by atoms with Crippen LogP contribution in [0.3, 0.4) is 0 Å². The smallest absolute Gasteiger partial charge is 0.305 e. The fourth-order valence-electron chi connectivity index (χ4n) is 10.0. The third-order valence-corrected chi connectivity index (χ3v) is 15.0. The average Bonchev–Trinajstić information content (AvgIpc) is 3.37. The zero-order valence-electron chi connectivity index (χ0n) is 48.0. The van der Waals surface area contributed by atoms with Crippen LogP contribution < -0.4 is 5.32 Å². The number of esters is 1. The van der Waals surface area contributed by atoms with Gasteiger partial charge in [0.1, 0.15) is 0 Å². The summed E-state index contributed by atoms with van der Waals surface area (Å²) < 4.78 is 5.50. The third kappa shape index (κ3) is 57.5. The molecule has 0 aromatic heterocycles. The van der Waals surface area contributed by atoms with Gasteiger partial charge >= 0.3 is 5.97 Å². The molecular weight excluding hydrogens is 875 g/mol. The first kappa shape index (κ1) is 69.3. The maximum absolute atomic E-state index is 12.5. The van der Waals surface area contributed by atoms with Crippen LogP contribution in [0, 0.1) is 0 Å². The summed E-state index contributed by atoms with van der Waals surface area (Å²) in [7, 11) is 0. The SMILES string of the molecule is CCCCCCCC/C=C\CCCCCCCCCCCC(=O)OCCCCCCCCCCCCC/C=C\CCCCCCCCCC(=O)NC(CO)C(O)CCCCCCCCCCCCCCC. The van der Waals surface area contributed by atoms with Crippen LogP contribution in [0.1, 0.15) is 354 Å². The molecule has 0 aliphatic carbocycles. The first-order valence-corrected chi connectivity index (χ1v) is 32.1. The Hall–Kier alpha value is -1.66. The lowest BCUT2D eigenvalue weighted by molar-refractivity contribution is -0.143. The summed E-state index contributed by atoms with van der Waals surface area (Å²) in [6.07, 6.45) is 74.8. The highest BCUT2D eigenvalue weighted by Crippen LogP contribution is 2.18. The summed E-state index contributed by atoms with van der Waals surface area (Å²) in [6.45, 7) is 4.96. The van der Waals surface area contributed by atoms with Crippen LogP contribution in [-0.2, 0) is 14.3 Å². The number of hydrogen-bond donors (Lipinski definition) is 3. The summed E-state index contributed by atoms with van der Waals surface area (Å²) in [6, 6.07) is -0.546. The highest BCUT2D eigenvalue weighted by Gasteiger charge is 2.20. The Morgan fingerprint density at radius 2 is 0.662 bits per heavy atom. The number of ether oxygens (including phenoxy) is 1. The van der Waals surface area contributed by atoms with Crippen molar-refractivity contribution in [3.8, 4) is 0 Å². The fraction of sp³-hybridized carbons (Fsp3) is 0.908. The Kier molecular flexibility index (Phi) is 59.5. The Bertz CT molecular complexity index is 1110. The number of hydrogen-bond acceptors (Lipinski definition) is 5. The number of allylic oxidation sites excluding steroid dienone is 4. The number of amides is 1. The van der Waals surface area contributed by atoms with Gasteiger partial charge in [0.15, 0.2) is 0 Å². The van der Waals surface area contributed by atoms with Gasteiger partial charge < -0.3 is 20.3 Å². The minimum absolute atomic E-state index is 0.0100. The fourth-order valence-corrected chi connectivity index (χ4v) is 10.0. The van der Waals surface area contributed by atoms with Crippen molar-refractivity contribution in [3.05, 3.63) is 24.3 Å². The number of aliphatic hydroxyl groups excluding tert-OH is 2. The molecular formula is C65H125NO5. The average molecular weight is 1000 g/mol. The number of nitrogens with one attached hydrogen (secondary N) is 1. The van der Waals surface area contributed by atoms with E-state index in [0.29, 0.717) is 25.9 Å². The van der Waals surface area contributed by atoms with E-state index in [-0.39, 0.29) is 18.5 Å². The van der Waals surface area contributed by atoms with E-state index in [1.807, 2.05) is 0 Å². The molecule has 71 heavy (non-hydrogen) atoms. The monoisotopic (exact) mass is 1000 g/mol. The first-order valence-electron chi connectivity index (χ1n) is 32.1. The minimum Gasteiger partial charge on any atom is -0.466 e. The van der Waals surface area contributed by atoms with Crippen LogP contribution >= 0.6 is 0 Å². The molecule has 0 heterocycles. The van der Waals surface area contributed by atoms with E-state index in [2.05, 4.69) is 43.5 Å². The van der Waals surface area contributed by atoms with Gasteiger partial charge in [0, 0.05) is 12.8 Å². The lowest BCUT2D eigenvalue weighted by Gasteiger charge is -2.22. The van der Waals surface area contributed by atoms with Gasteiger partial charge in [-0.3, -0.25) is 9.59 Å².